The Balaban J connectivity index is 3.76. The summed E-state index contributed by atoms with van der Waals surface area (Å²) in [7, 11) is -3.39. The van der Waals surface area contributed by atoms with Crippen LogP contribution in [0.3, 0.4) is 0 Å². The van der Waals surface area contributed by atoms with Crippen LogP contribution in [0.2, 0.25) is 0 Å². The minimum Gasteiger partial charge on any atom is -0.213 e. The van der Waals surface area contributed by atoms with Crippen molar-refractivity contribution in [2.45, 2.75) is 13.3 Å². The van der Waals surface area contributed by atoms with Crippen LogP contribution in [0.5, 0.6) is 0 Å². The summed E-state index contributed by atoms with van der Waals surface area (Å²) in [6.07, 6.45) is 0.473. The van der Waals surface area contributed by atoms with Crippen molar-refractivity contribution >= 4 is 10.0 Å². The average Bonchev–Trinajstić information content (AvgIpc) is 1.98. The molecule has 0 bridgehead atoms. The Morgan fingerprint density at radius 3 is 2.67 bits per heavy atom. The van der Waals surface area contributed by atoms with E-state index in [2.05, 4.69) is 16.6 Å². The Morgan fingerprint density at radius 2 is 2.17 bits per heavy atom. The Kier molecular flexibility index (Phi) is 5.11. The summed E-state index contributed by atoms with van der Waals surface area (Å²) in [6.45, 7) is 1.95. The third-order valence-corrected chi connectivity index (χ3v) is 2.16. The van der Waals surface area contributed by atoms with Crippen molar-refractivity contribution in [3.05, 3.63) is 0 Å². The van der Waals surface area contributed by atoms with Gasteiger partial charge in [0.25, 0.3) is 0 Å². The molecule has 0 aliphatic rings. The molecule has 0 unspecified atom stereocenters. The molecule has 0 rings (SSSR count). The highest BCUT2D eigenvalue weighted by atomic mass is 32.2. The maximum Gasteiger partial charge on any atom is 0.225 e. The summed E-state index contributed by atoms with van der Waals surface area (Å²) in [6, 6.07) is 1.56. The van der Waals surface area contributed by atoms with E-state index in [0.29, 0.717) is 6.42 Å². The molecule has 0 aliphatic carbocycles. The summed E-state index contributed by atoms with van der Waals surface area (Å²) in [5, 5.41) is 8.11. The van der Waals surface area contributed by atoms with Crippen LogP contribution in [0.1, 0.15) is 13.3 Å². The van der Waals surface area contributed by atoms with E-state index in [0.717, 1.165) is 0 Å². The molecular formula is C7H10N2O2S. The van der Waals surface area contributed by atoms with Crippen molar-refractivity contribution in [3.8, 4) is 17.9 Å². The second kappa shape index (κ2) is 5.59. The first-order valence-corrected chi connectivity index (χ1v) is 5.01. The molecule has 0 aromatic heterocycles. The normalized spacial score (nSPS) is 9.67. The van der Waals surface area contributed by atoms with E-state index in [4.69, 9.17) is 5.26 Å². The van der Waals surface area contributed by atoms with Crippen LogP contribution in [-0.2, 0) is 10.0 Å². The lowest BCUT2D eigenvalue weighted by Crippen LogP contribution is -2.26. The van der Waals surface area contributed by atoms with Gasteiger partial charge in [-0.3, -0.25) is 0 Å². The van der Waals surface area contributed by atoms with E-state index < -0.39 is 15.8 Å². The lowest BCUT2D eigenvalue weighted by molar-refractivity contribution is 0.586. The molecule has 0 fully saturated rings. The van der Waals surface area contributed by atoms with E-state index in [9.17, 15) is 8.42 Å². The quantitative estimate of drug-likeness (QED) is 0.490. The number of nitrogens with zero attached hydrogens (tertiary/aromatic N) is 1. The molecule has 0 aromatic carbocycles. The molecule has 0 amide bonds. The Morgan fingerprint density at radius 1 is 1.50 bits per heavy atom. The monoisotopic (exact) mass is 186 g/mol. The van der Waals surface area contributed by atoms with Crippen molar-refractivity contribution in [2.75, 3.05) is 12.3 Å². The Bertz CT molecular complexity index is 316. The number of rotatable bonds is 4. The zero-order valence-electron chi connectivity index (χ0n) is 6.79. The number of hydrogen-bond acceptors (Lipinski definition) is 3. The summed E-state index contributed by atoms with van der Waals surface area (Å²) in [5.41, 5.74) is 0. The third-order valence-electron chi connectivity index (χ3n) is 1.00. The van der Waals surface area contributed by atoms with Gasteiger partial charge in [-0.1, -0.05) is 0 Å². The van der Waals surface area contributed by atoms with Gasteiger partial charge in [-0.25, -0.2) is 13.1 Å². The number of sulfonamides is 1. The van der Waals surface area contributed by atoms with Gasteiger partial charge in [0.2, 0.25) is 10.0 Å². The zero-order valence-corrected chi connectivity index (χ0v) is 7.61. The van der Waals surface area contributed by atoms with Crippen LogP contribution in [-0.4, -0.2) is 20.7 Å². The van der Waals surface area contributed by atoms with Gasteiger partial charge in [0.05, 0.1) is 6.07 Å². The molecule has 0 aromatic rings. The maximum absolute atomic E-state index is 10.8. The largest absolute Gasteiger partial charge is 0.225 e. The number of nitrogens with one attached hydrogen (secondary N) is 1. The molecule has 0 saturated heterocycles. The van der Waals surface area contributed by atoms with Gasteiger partial charge in [0.15, 0.2) is 5.75 Å². The fourth-order valence-corrected chi connectivity index (χ4v) is 1.22. The van der Waals surface area contributed by atoms with Crippen molar-refractivity contribution in [1.29, 1.82) is 5.26 Å². The first-order valence-electron chi connectivity index (χ1n) is 3.36. The molecule has 12 heavy (non-hydrogen) atoms. The Hall–Kier alpha value is -1.04. The van der Waals surface area contributed by atoms with Gasteiger partial charge in [-0.15, -0.1) is 11.8 Å². The zero-order chi connectivity index (χ0) is 9.45. The van der Waals surface area contributed by atoms with Gasteiger partial charge in [0.1, 0.15) is 0 Å². The first kappa shape index (κ1) is 11.0. The molecule has 4 nitrogen and oxygen atoms in total. The summed E-state index contributed by atoms with van der Waals surface area (Å²) in [5.74, 6) is 4.85. The molecule has 5 heteroatoms. The minimum absolute atomic E-state index is 0.269. The van der Waals surface area contributed by atoms with Crippen LogP contribution in [0.15, 0.2) is 0 Å². The average molecular weight is 186 g/mol. The highest BCUT2D eigenvalue weighted by molar-refractivity contribution is 7.89. The molecule has 0 atom stereocenters. The minimum atomic E-state index is -3.39. The van der Waals surface area contributed by atoms with Crippen molar-refractivity contribution in [1.82, 2.24) is 4.72 Å². The van der Waals surface area contributed by atoms with Gasteiger partial charge < -0.3 is 0 Å². The standard InChI is InChI=1S/C7H10N2O2S/c1-2-3-4-6-9-12(10,11)7-5-8/h9H,4,6-7H2,1H3. The van der Waals surface area contributed by atoms with E-state index in [1.165, 1.54) is 0 Å². The SMILES string of the molecule is CC#CCCNS(=O)(=O)CC#N. The summed E-state index contributed by atoms with van der Waals surface area (Å²) in [4.78, 5) is 0. The molecule has 0 radical (unpaired) electrons. The predicted octanol–water partition coefficient (Wildman–Crippen LogP) is -0.157. The van der Waals surface area contributed by atoms with Crippen molar-refractivity contribution in [2.24, 2.45) is 0 Å². The molecular weight excluding hydrogens is 176 g/mol. The molecule has 1 N–H and O–H groups in total. The predicted molar refractivity (Wildman–Crippen MR) is 45.5 cm³/mol. The first-order chi connectivity index (χ1) is 5.62. The van der Waals surface area contributed by atoms with Gasteiger partial charge >= 0.3 is 0 Å². The van der Waals surface area contributed by atoms with Crippen LogP contribution >= 0.6 is 0 Å². The third kappa shape index (κ3) is 5.72. The van der Waals surface area contributed by atoms with Crippen LogP contribution in [0.25, 0.3) is 0 Å². The highest BCUT2D eigenvalue weighted by Crippen LogP contribution is 1.82. The summed E-state index contributed by atoms with van der Waals surface area (Å²) >= 11 is 0. The van der Waals surface area contributed by atoms with Gasteiger partial charge in [-0.2, -0.15) is 5.26 Å². The fourth-order valence-electron chi connectivity index (χ4n) is 0.530. The fraction of sp³-hybridized carbons (Fsp3) is 0.571. The van der Waals surface area contributed by atoms with Crippen molar-refractivity contribution < 1.29 is 8.42 Å². The number of nitriles is 1. The molecule has 0 spiro atoms. The second-order valence-electron chi connectivity index (χ2n) is 1.99. The summed E-state index contributed by atoms with van der Waals surface area (Å²) < 4.78 is 23.9. The lowest BCUT2D eigenvalue weighted by atomic mass is 10.4. The Labute approximate surface area is 72.6 Å². The van der Waals surface area contributed by atoms with Crippen LogP contribution in [0.4, 0.5) is 0 Å². The van der Waals surface area contributed by atoms with Crippen LogP contribution < -0.4 is 4.72 Å². The maximum atomic E-state index is 10.8. The van der Waals surface area contributed by atoms with Crippen LogP contribution in [0, 0.1) is 23.2 Å². The lowest BCUT2D eigenvalue weighted by Gasteiger charge is -1.98. The molecule has 0 heterocycles. The van der Waals surface area contributed by atoms with E-state index in [-0.39, 0.29) is 6.54 Å². The molecule has 66 valence electrons. The van der Waals surface area contributed by atoms with E-state index in [1.54, 1.807) is 13.0 Å². The van der Waals surface area contributed by atoms with E-state index >= 15 is 0 Å². The topological polar surface area (TPSA) is 70.0 Å². The van der Waals surface area contributed by atoms with Gasteiger partial charge in [0, 0.05) is 13.0 Å². The van der Waals surface area contributed by atoms with Gasteiger partial charge in [-0.05, 0) is 6.92 Å². The number of hydrogen-bond donors (Lipinski definition) is 1. The molecule has 0 aliphatic heterocycles. The smallest absolute Gasteiger partial charge is 0.213 e. The second-order valence-corrected chi connectivity index (χ2v) is 3.80. The molecule has 0 saturated carbocycles. The van der Waals surface area contributed by atoms with Crippen molar-refractivity contribution in [3.63, 3.8) is 0 Å². The highest BCUT2D eigenvalue weighted by Gasteiger charge is 2.06. The van der Waals surface area contributed by atoms with E-state index in [1.807, 2.05) is 0 Å².